The van der Waals surface area contributed by atoms with Crippen molar-refractivity contribution in [2.75, 3.05) is 30.9 Å². The molecule has 41 heavy (non-hydrogen) atoms. The molecular weight excluding hydrogens is 558 g/mol. The molecule has 0 amide bonds. The standard InChI is InChI=1S/C31H36ClN5O3S/c1-21-8-10-22(11-9-21)18-37-30-27(35-31(37)36-12-13-40-19-28(36)23-6-4-3-5-7-23)15-26(20-41(2,38)39)34-29(30)24-14-25(32)17-33-16-24/h3-7,14-17,21-22,28H,8-13,18-20H2,1-2H3/t21?,22?,28-/m0/s1. The summed E-state index contributed by atoms with van der Waals surface area (Å²) in [6.45, 7) is 5.02. The highest BCUT2D eigenvalue weighted by atomic mass is 35.5. The minimum absolute atomic E-state index is 0.00614. The van der Waals surface area contributed by atoms with E-state index in [1.165, 1.54) is 37.5 Å². The Bertz CT molecular complexity index is 1630. The van der Waals surface area contributed by atoms with Crippen molar-refractivity contribution in [3.8, 4) is 11.3 Å². The Balaban J connectivity index is 1.56. The Morgan fingerprint density at radius 1 is 1.05 bits per heavy atom. The van der Waals surface area contributed by atoms with Gasteiger partial charge in [0.15, 0.2) is 9.84 Å². The number of morpholine rings is 1. The third-order valence-corrected chi connectivity index (χ3v) is 9.32. The molecule has 1 saturated heterocycles. The van der Waals surface area contributed by atoms with Crippen LogP contribution in [0.2, 0.25) is 5.02 Å². The lowest BCUT2D eigenvalue weighted by molar-refractivity contribution is 0.0927. The molecule has 10 heteroatoms. The van der Waals surface area contributed by atoms with Crippen molar-refractivity contribution in [1.29, 1.82) is 0 Å². The summed E-state index contributed by atoms with van der Waals surface area (Å²) in [4.78, 5) is 16.8. The Hall–Kier alpha value is -3.01. The van der Waals surface area contributed by atoms with Gasteiger partial charge in [0.25, 0.3) is 0 Å². The molecule has 4 heterocycles. The third kappa shape index (κ3) is 6.27. The second-order valence-corrected chi connectivity index (χ2v) is 14.2. The molecule has 1 aliphatic carbocycles. The first-order valence-corrected chi connectivity index (χ1v) is 16.8. The molecule has 4 aromatic rings. The molecule has 1 aromatic carbocycles. The van der Waals surface area contributed by atoms with E-state index in [1.807, 2.05) is 18.2 Å². The molecule has 8 nitrogen and oxygen atoms in total. The van der Waals surface area contributed by atoms with Gasteiger partial charge in [-0.1, -0.05) is 61.7 Å². The number of ether oxygens (including phenoxy) is 1. The number of anilines is 1. The molecule has 6 rings (SSSR count). The fourth-order valence-electron chi connectivity index (χ4n) is 6.24. The zero-order chi connectivity index (χ0) is 28.6. The van der Waals surface area contributed by atoms with Crippen molar-refractivity contribution in [2.45, 2.75) is 50.9 Å². The Morgan fingerprint density at radius 2 is 1.83 bits per heavy atom. The number of rotatable bonds is 7. The molecule has 0 bridgehead atoms. The lowest BCUT2D eigenvalue weighted by atomic mass is 9.83. The number of halogens is 1. The molecule has 1 saturated carbocycles. The minimum atomic E-state index is -3.32. The van der Waals surface area contributed by atoms with Gasteiger partial charge in [0, 0.05) is 37.3 Å². The molecule has 0 unspecified atom stereocenters. The van der Waals surface area contributed by atoms with Crippen molar-refractivity contribution < 1.29 is 13.2 Å². The van der Waals surface area contributed by atoms with E-state index >= 15 is 0 Å². The summed E-state index contributed by atoms with van der Waals surface area (Å²) in [5.41, 5.74) is 4.64. The molecule has 1 aliphatic heterocycles. The summed E-state index contributed by atoms with van der Waals surface area (Å²) in [6, 6.07) is 14.1. The number of hydrogen-bond acceptors (Lipinski definition) is 7. The van der Waals surface area contributed by atoms with Gasteiger partial charge in [-0.05, 0) is 42.4 Å². The SMILES string of the molecule is CC1CCC(Cn2c(N3CCOC[C@H]3c3ccccc3)nc3cc(CS(C)(=O)=O)nc(-c4cncc(Cl)c4)c32)CC1. The lowest BCUT2D eigenvalue weighted by Gasteiger charge is -2.37. The average Bonchev–Trinajstić information content (AvgIpc) is 3.31. The van der Waals surface area contributed by atoms with Gasteiger partial charge in [-0.15, -0.1) is 0 Å². The summed E-state index contributed by atoms with van der Waals surface area (Å²) in [5.74, 6) is 1.96. The van der Waals surface area contributed by atoms with Gasteiger partial charge in [0.2, 0.25) is 5.95 Å². The first-order valence-electron chi connectivity index (χ1n) is 14.3. The average molecular weight is 594 g/mol. The second-order valence-electron chi connectivity index (χ2n) is 11.6. The lowest BCUT2D eigenvalue weighted by Crippen LogP contribution is -2.41. The van der Waals surface area contributed by atoms with Crippen LogP contribution in [0.25, 0.3) is 22.3 Å². The summed E-state index contributed by atoms with van der Waals surface area (Å²) in [7, 11) is -3.32. The fourth-order valence-corrected chi connectivity index (χ4v) is 7.10. The predicted octanol–water partition coefficient (Wildman–Crippen LogP) is 6.10. The normalized spacial score (nSPS) is 21.8. The number of pyridine rings is 2. The quantitative estimate of drug-likeness (QED) is 0.256. The summed E-state index contributed by atoms with van der Waals surface area (Å²) < 4.78 is 32.9. The Morgan fingerprint density at radius 3 is 2.56 bits per heavy atom. The van der Waals surface area contributed by atoms with E-state index in [0.717, 1.165) is 35.0 Å². The predicted molar refractivity (Wildman–Crippen MR) is 163 cm³/mol. The van der Waals surface area contributed by atoms with Crippen LogP contribution in [-0.4, -0.2) is 54.0 Å². The monoisotopic (exact) mass is 593 g/mol. The van der Waals surface area contributed by atoms with Crippen LogP contribution in [0, 0.1) is 11.8 Å². The van der Waals surface area contributed by atoms with Crippen LogP contribution in [-0.2, 0) is 26.9 Å². The highest BCUT2D eigenvalue weighted by Gasteiger charge is 2.32. The fraction of sp³-hybridized carbons (Fsp3) is 0.452. The number of nitrogens with zero attached hydrogens (tertiary/aromatic N) is 5. The minimum Gasteiger partial charge on any atom is -0.377 e. The zero-order valence-electron chi connectivity index (χ0n) is 23.5. The maximum Gasteiger partial charge on any atom is 0.207 e. The summed E-state index contributed by atoms with van der Waals surface area (Å²) in [5, 5.41) is 0.496. The van der Waals surface area contributed by atoms with Gasteiger partial charge < -0.3 is 14.2 Å². The van der Waals surface area contributed by atoms with Gasteiger partial charge in [0.1, 0.15) is 0 Å². The van der Waals surface area contributed by atoms with E-state index < -0.39 is 9.84 Å². The molecule has 0 N–H and O–H groups in total. The molecule has 2 fully saturated rings. The van der Waals surface area contributed by atoms with E-state index in [4.69, 9.17) is 26.3 Å². The molecular formula is C31H36ClN5O3S. The van der Waals surface area contributed by atoms with E-state index in [0.29, 0.717) is 42.1 Å². The van der Waals surface area contributed by atoms with E-state index in [2.05, 4.69) is 45.6 Å². The van der Waals surface area contributed by atoms with Crippen molar-refractivity contribution in [2.24, 2.45) is 11.8 Å². The molecule has 216 valence electrons. The molecule has 1 atom stereocenters. The topological polar surface area (TPSA) is 90.2 Å². The van der Waals surface area contributed by atoms with Gasteiger partial charge in [0.05, 0.1) is 52.5 Å². The largest absolute Gasteiger partial charge is 0.377 e. The van der Waals surface area contributed by atoms with Crippen molar-refractivity contribution >= 4 is 38.4 Å². The number of imidazole rings is 1. The van der Waals surface area contributed by atoms with Crippen LogP contribution in [0.1, 0.15) is 49.9 Å². The summed E-state index contributed by atoms with van der Waals surface area (Å²) >= 11 is 6.38. The highest BCUT2D eigenvalue weighted by molar-refractivity contribution is 7.89. The first kappa shape index (κ1) is 28.1. The van der Waals surface area contributed by atoms with Gasteiger partial charge in [-0.3, -0.25) is 4.98 Å². The first-order chi connectivity index (χ1) is 19.7. The van der Waals surface area contributed by atoms with E-state index in [9.17, 15) is 8.42 Å². The van der Waals surface area contributed by atoms with Crippen molar-refractivity contribution in [1.82, 2.24) is 19.5 Å². The molecule has 0 radical (unpaired) electrons. The van der Waals surface area contributed by atoms with Crippen LogP contribution < -0.4 is 4.90 Å². The van der Waals surface area contributed by atoms with Gasteiger partial charge >= 0.3 is 0 Å². The maximum atomic E-state index is 12.3. The molecule has 2 aliphatic rings. The number of hydrogen-bond donors (Lipinski definition) is 0. The molecule has 3 aromatic heterocycles. The van der Waals surface area contributed by atoms with Gasteiger partial charge in [-0.25, -0.2) is 18.4 Å². The van der Waals surface area contributed by atoms with Gasteiger partial charge in [-0.2, -0.15) is 0 Å². The Labute approximate surface area is 246 Å². The molecule has 0 spiro atoms. The van der Waals surface area contributed by atoms with Crippen LogP contribution in [0.5, 0.6) is 0 Å². The second kappa shape index (κ2) is 11.7. The number of fused-ring (bicyclic) bond motifs is 1. The third-order valence-electron chi connectivity index (χ3n) is 8.29. The summed E-state index contributed by atoms with van der Waals surface area (Å²) in [6.07, 6.45) is 9.33. The zero-order valence-corrected chi connectivity index (χ0v) is 25.1. The van der Waals surface area contributed by atoms with Crippen LogP contribution >= 0.6 is 11.6 Å². The van der Waals surface area contributed by atoms with Crippen molar-refractivity contribution in [3.63, 3.8) is 0 Å². The van der Waals surface area contributed by atoms with Crippen LogP contribution in [0.4, 0.5) is 5.95 Å². The van der Waals surface area contributed by atoms with Crippen LogP contribution in [0.15, 0.2) is 54.9 Å². The van der Waals surface area contributed by atoms with E-state index in [-0.39, 0.29) is 11.8 Å². The number of sulfone groups is 1. The smallest absolute Gasteiger partial charge is 0.207 e. The Kier molecular flexibility index (Phi) is 8.03. The maximum absolute atomic E-state index is 12.3. The highest BCUT2D eigenvalue weighted by Crippen LogP contribution is 2.38. The number of aromatic nitrogens is 4. The van der Waals surface area contributed by atoms with Crippen LogP contribution in [0.3, 0.4) is 0 Å². The van der Waals surface area contributed by atoms with E-state index in [1.54, 1.807) is 12.4 Å². The van der Waals surface area contributed by atoms with Crippen molar-refractivity contribution in [3.05, 3.63) is 71.1 Å². The number of benzene rings is 1.